The molecule has 0 heteroatoms. The summed E-state index contributed by atoms with van der Waals surface area (Å²) in [6, 6.07) is 0. The molecular formula is C27H48. The number of hydrogen-bond donors (Lipinski definition) is 0. The van der Waals surface area contributed by atoms with Gasteiger partial charge in [0.1, 0.15) is 0 Å². The standard InChI is InChI=1S/C27H48/c1-17-19(3)26(15)22(7,8)18(2)20(4)27(16,21(17,5)6)25(13,14)23(9,10)24(26,11)12/h1-16H3/b19-17-,20-18-. The van der Waals surface area contributed by atoms with Crippen LogP contribution in [0, 0.1) is 37.9 Å². The largest absolute Gasteiger partial charge is 0.0673 e. The molecule has 0 saturated carbocycles. The van der Waals surface area contributed by atoms with Crippen LogP contribution in [-0.4, -0.2) is 0 Å². The third-order valence-corrected chi connectivity index (χ3v) is 12.6. The molecular weight excluding hydrogens is 324 g/mol. The molecule has 3 aliphatic rings. The predicted octanol–water partition coefficient (Wildman–Crippen LogP) is 8.83. The maximum absolute atomic E-state index is 2.57. The molecule has 27 heavy (non-hydrogen) atoms. The molecule has 0 aromatic heterocycles. The Hall–Kier alpha value is -0.520. The summed E-state index contributed by atoms with van der Waals surface area (Å²) in [7, 11) is 0. The van der Waals surface area contributed by atoms with Crippen molar-refractivity contribution < 1.29 is 0 Å². The maximum Gasteiger partial charge on any atom is 0.00283 e. The molecule has 0 nitrogen and oxygen atoms in total. The molecule has 0 aromatic carbocycles. The van der Waals surface area contributed by atoms with Crippen molar-refractivity contribution >= 4 is 0 Å². The highest BCUT2D eigenvalue weighted by Crippen LogP contribution is 2.78. The lowest BCUT2D eigenvalue weighted by atomic mass is 9.29. The summed E-state index contributed by atoms with van der Waals surface area (Å²) in [4.78, 5) is 0. The Morgan fingerprint density at radius 3 is 0.778 bits per heavy atom. The third-order valence-electron chi connectivity index (χ3n) is 12.6. The van der Waals surface area contributed by atoms with Crippen LogP contribution in [0.2, 0.25) is 0 Å². The van der Waals surface area contributed by atoms with Crippen molar-refractivity contribution in [3.8, 4) is 0 Å². The van der Waals surface area contributed by atoms with Gasteiger partial charge in [0.25, 0.3) is 0 Å². The number of allylic oxidation sites excluding steroid dienone is 4. The van der Waals surface area contributed by atoms with E-state index < -0.39 is 0 Å². The smallest absolute Gasteiger partial charge is 0.00283 e. The van der Waals surface area contributed by atoms with E-state index in [0.717, 1.165) is 0 Å². The van der Waals surface area contributed by atoms with Crippen LogP contribution in [0.15, 0.2) is 22.3 Å². The van der Waals surface area contributed by atoms with Gasteiger partial charge in [0, 0.05) is 10.8 Å². The van der Waals surface area contributed by atoms with Crippen molar-refractivity contribution in [2.75, 3.05) is 0 Å². The molecule has 0 fully saturated rings. The van der Waals surface area contributed by atoms with Gasteiger partial charge in [0.15, 0.2) is 0 Å². The second-order valence-corrected chi connectivity index (χ2v) is 12.9. The Bertz CT molecular complexity index is 670. The van der Waals surface area contributed by atoms with Gasteiger partial charge in [-0.05, 0) is 54.8 Å². The fourth-order valence-corrected chi connectivity index (χ4v) is 7.91. The molecule has 0 saturated heterocycles. The summed E-state index contributed by atoms with van der Waals surface area (Å²) in [5.41, 5.74) is 7.14. The number of fused-ring (bicyclic) bond motifs is 4. The fraction of sp³-hybridized carbons (Fsp3) is 0.852. The van der Waals surface area contributed by atoms with Gasteiger partial charge >= 0.3 is 0 Å². The lowest BCUT2D eigenvalue weighted by Crippen LogP contribution is -2.67. The Morgan fingerprint density at radius 1 is 0.333 bits per heavy atom. The molecule has 0 N–H and O–H groups in total. The van der Waals surface area contributed by atoms with E-state index in [4.69, 9.17) is 0 Å². The lowest BCUT2D eigenvalue weighted by Gasteiger charge is -2.74. The Morgan fingerprint density at radius 2 is 0.556 bits per heavy atom. The summed E-state index contributed by atoms with van der Waals surface area (Å²) >= 11 is 0. The van der Waals surface area contributed by atoms with Gasteiger partial charge in [0.2, 0.25) is 0 Å². The summed E-state index contributed by atoms with van der Waals surface area (Å²) < 4.78 is 0. The second-order valence-electron chi connectivity index (χ2n) is 12.9. The van der Waals surface area contributed by atoms with E-state index in [1.165, 1.54) is 0 Å². The molecule has 2 unspecified atom stereocenters. The molecule has 0 aromatic rings. The van der Waals surface area contributed by atoms with Crippen molar-refractivity contribution in [3.05, 3.63) is 22.3 Å². The Balaban J connectivity index is 3.36. The molecule has 0 radical (unpaired) electrons. The third kappa shape index (κ3) is 1.92. The van der Waals surface area contributed by atoms with Gasteiger partial charge in [-0.25, -0.2) is 0 Å². The van der Waals surface area contributed by atoms with Crippen LogP contribution < -0.4 is 0 Å². The Kier molecular flexibility index (Phi) is 4.50. The van der Waals surface area contributed by atoms with Crippen molar-refractivity contribution in [2.45, 2.75) is 111 Å². The zero-order valence-electron chi connectivity index (χ0n) is 21.5. The van der Waals surface area contributed by atoms with Crippen LogP contribution >= 0.6 is 0 Å². The van der Waals surface area contributed by atoms with Crippen molar-refractivity contribution in [3.63, 3.8) is 0 Å². The van der Waals surface area contributed by atoms with E-state index in [2.05, 4.69) is 111 Å². The van der Waals surface area contributed by atoms with Crippen molar-refractivity contribution in [1.29, 1.82) is 0 Å². The number of hydrogen-bond acceptors (Lipinski definition) is 0. The van der Waals surface area contributed by atoms with Gasteiger partial charge < -0.3 is 0 Å². The van der Waals surface area contributed by atoms with Crippen LogP contribution in [0.25, 0.3) is 0 Å². The van der Waals surface area contributed by atoms with E-state index in [0.29, 0.717) is 0 Å². The van der Waals surface area contributed by atoms with Gasteiger partial charge in [-0.1, -0.05) is 105 Å². The van der Waals surface area contributed by atoms with Crippen LogP contribution in [0.5, 0.6) is 0 Å². The topological polar surface area (TPSA) is 0 Å². The van der Waals surface area contributed by atoms with E-state index in [1.807, 2.05) is 0 Å². The highest BCUT2D eigenvalue weighted by atomic mass is 14.7. The van der Waals surface area contributed by atoms with Crippen LogP contribution in [0.1, 0.15) is 111 Å². The summed E-state index contributed by atoms with van der Waals surface area (Å²) in [6.45, 7) is 40.3. The average Bonchev–Trinajstić information content (AvgIpc) is 2.54. The minimum absolute atomic E-state index is 0.0647. The molecule has 2 bridgehead atoms. The normalized spacial score (nSPS) is 44.4. The monoisotopic (exact) mass is 372 g/mol. The maximum atomic E-state index is 2.57. The minimum atomic E-state index is 0.0647. The average molecular weight is 373 g/mol. The highest BCUT2D eigenvalue weighted by molar-refractivity contribution is 5.45. The second kappa shape index (κ2) is 5.34. The molecule has 2 atom stereocenters. The zero-order valence-corrected chi connectivity index (χ0v) is 21.5. The molecule has 156 valence electrons. The molecule has 3 aliphatic carbocycles. The van der Waals surface area contributed by atoms with Crippen LogP contribution in [-0.2, 0) is 0 Å². The van der Waals surface area contributed by atoms with E-state index in [-0.39, 0.29) is 37.9 Å². The van der Waals surface area contributed by atoms with Gasteiger partial charge in [0.05, 0.1) is 0 Å². The van der Waals surface area contributed by atoms with Gasteiger partial charge in [-0.3, -0.25) is 0 Å². The molecule has 0 aliphatic heterocycles. The van der Waals surface area contributed by atoms with Crippen molar-refractivity contribution in [2.24, 2.45) is 37.9 Å². The minimum Gasteiger partial charge on any atom is -0.0673 e. The zero-order chi connectivity index (χ0) is 21.8. The van der Waals surface area contributed by atoms with Crippen LogP contribution in [0.3, 0.4) is 0 Å². The van der Waals surface area contributed by atoms with Crippen LogP contribution in [0.4, 0.5) is 0 Å². The number of rotatable bonds is 0. The first-order chi connectivity index (χ1) is 11.6. The van der Waals surface area contributed by atoms with E-state index >= 15 is 0 Å². The first-order valence-corrected chi connectivity index (χ1v) is 11.0. The summed E-state index contributed by atoms with van der Waals surface area (Å²) in [5, 5.41) is 0. The lowest BCUT2D eigenvalue weighted by molar-refractivity contribution is -0.191. The van der Waals surface area contributed by atoms with E-state index in [1.54, 1.807) is 22.3 Å². The summed E-state index contributed by atoms with van der Waals surface area (Å²) in [6.07, 6.45) is 0. The first kappa shape index (κ1) is 22.8. The summed E-state index contributed by atoms with van der Waals surface area (Å²) in [5.74, 6) is 0. The van der Waals surface area contributed by atoms with Gasteiger partial charge in [-0.2, -0.15) is 0 Å². The molecule has 3 rings (SSSR count). The predicted molar refractivity (Wildman–Crippen MR) is 122 cm³/mol. The van der Waals surface area contributed by atoms with E-state index in [9.17, 15) is 0 Å². The fourth-order valence-electron chi connectivity index (χ4n) is 7.91. The van der Waals surface area contributed by atoms with Gasteiger partial charge in [-0.15, -0.1) is 0 Å². The quantitative estimate of drug-likeness (QED) is 0.372. The van der Waals surface area contributed by atoms with Crippen molar-refractivity contribution in [1.82, 2.24) is 0 Å². The Labute approximate surface area is 171 Å². The highest BCUT2D eigenvalue weighted by Gasteiger charge is 2.71. The molecule has 0 spiro atoms. The molecule has 0 amide bonds. The first-order valence-electron chi connectivity index (χ1n) is 11.0. The SMILES string of the molecule is C/C1=C(\C)C2(C)C(C)(C)/C(C)=C(/C)C(C)(C1(C)C)C(C)(C)C(C)(C)C2(C)C. The molecule has 0 heterocycles.